The van der Waals surface area contributed by atoms with Crippen LogP contribution in [0.25, 0.3) is 11.0 Å². The number of pyridine rings is 1. The second kappa shape index (κ2) is 8.83. The number of aryl methyl sites for hydroxylation is 1. The molecule has 1 saturated heterocycles. The first kappa shape index (κ1) is 25.2. The Morgan fingerprint density at radius 1 is 1.19 bits per heavy atom. The third kappa shape index (κ3) is 3.96. The summed E-state index contributed by atoms with van der Waals surface area (Å²) in [5.74, 6) is -0.607. The maximum absolute atomic E-state index is 14.8. The molecule has 2 aliphatic rings. The Hall–Kier alpha value is -3.47. The highest BCUT2D eigenvalue weighted by atomic mass is 19.3. The summed E-state index contributed by atoms with van der Waals surface area (Å²) in [7, 11) is 3.18. The maximum atomic E-state index is 14.8. The van der Waals surface area contributed by atoms with Crippen molar-refractivity contribution < 1.29 is 22.7 Å². The van der Waals surface area contributed by atoms with Gasteiger partial charge in [0, 0.05) is 45.1 Å². The van der Waals surface area contributed by atoms with Gasteiger partial charge in [-0.2, -0.15) is 0 Å². The van der Waals surface area contributed by atoms with E-state index in [1.165, 1.54) is 23.0 Å². The van der Waals surface area contributed by atoms with Gasteiger partial charge in [-0.1, -0.05) is 18.2 Å². The summed E-state index contributed by atoms with van der Waals surface area (Å²) < 4.78 is 48.6. The monoisotopic (exact) mass is 515 g/mol. The number of halogens is 3. The number of methoxy groups -OCH3 is 1. The minimum atomic E-state index is -2.93. The van der Waals surface area contributed by atoms with Crippen LogP contribution in [0, 0.1) is 11.2 Å². The highest BCUT2D eigenvalue weighted by Crippen LogP contribution is 2.59. The summed E-state index contributed by atoms with van der Waals surface area (Å²) in [5.41, 5.74) is -0.909. The van der Waals surface area contributed by atoms with Crippen molar-refractivity contribution in [2.24, 2.45) is 12.5 Å². The first-order valence-corrected chi connectivity index (χ1v) is 12.0. The van der Waals surface area contributed by atoms with Gasteiger partial charge in [0.2, 0.25) is 5.91 Å². The Labute approximate surface area is 211 Å². The summed E-state index contributed by atoms with van der Waals surface area (Å²) in [5, 5.41) is 3.63. The lowest BCUT2D eigenvalue weighted by atomic mass is 9.53. The molecule has 1 amide bonds. The number of ether oxygens (including phenoxy) is 1. The molecule has 1 aromatic carbocycles. The van der Waals surface area contributed by atoms with E-state index in [9.17, 15) is 22.8 Å². The first-order chi connectivity index (χ1) is 17.5. The third-order valence-electron chi connectivity index (χ3n) is 7.82. The molecule has 1 aliphatic heterocycles. The summed E-state index contributed by atoms with van der Waals surface area (Å²) in [6.45, 7) is 4.46. The number of benzene rings is 1. The molecular formula is C26H28F3N5O3. The second-order valence-corrected chi connectivity index (χ2v) is 10.2. The summed E-state index contributed by atoms with van der Waals surface area (Å²) in [6.07, 6.45) is -0.449. The van der Waals surface area contributed by atoms with Crippen LogP contribution in [-0.2, 0) is 22.2 Å². The highest BCUT2D eigenvalue weighted by Gasteiger charge is 2.62. The number of carbonyl (C=O) groups excluding carboxylic acids is 1. The van der Waals surface area contributed by atoms with Crippen molar-refractivity contribution in [3.8, 4) is 0 Å². The standard InChI is InChI=1S/C26H28F3N5O3/c1-14(16-6-5-7-17(20(16)27)21(28)29)32-22-18-8-19(24(36)33(3)23(18)31-13-30-22)26(37-4)9-25(10-26)11-34(12-25)15(2)35/h5-8,13-14,21H,9-12H2,1-4H3,(H,30,31,32)/t14-/m1/s1. The van der Waals surface area contributed by atoms with Crippen LogP contribution in [0.1, 0.15) is 55.8 Å². The number of hydrogen-bond acceptors (Lipinski definition) is 6. The van der Waals surface area contributed by atoms with Gasteiger partial charge in [0.1, 0.15) is 23.6 Å². The minimum absolute atomic E-state index is 0.0275. The molecule has 196 valence electrons. The van der Waals surface area contributed by atoms with Crippen LogP contribution in [0.15, 0.2) is 35.4 Å². The fourth-order valence-corrected chi connectivity index (χ4v) is 5.88. The Morgan fingerprint density at radius 2 is 1.86 bits per heavy atom. The minimum Gasteiger partial charge on any atom is -0.373 e. The fourth-order valence-electron chi connectivity index (χ4n) is 5.88. The number of likely N-dealkylation sites (tertiary alicyclic amines) is 1. The van der Waals surface area contributed by atoms with Crippen LogP contribution < -0.4 is 10.9 Å². The molecule has 1 saturated carbocycles. The number of rotatable bonds is 6. The van der Waals surface area contributed by atoms with Crippen LogP contribution in [0.5, 0.6) is 0 Å². The van der Waals surface area contributed by atoms with E-state index in [-0.39, 0.29) is 22.4 Å². The molecule has 8 nitrogen and oxygen atoms in total. The molecule has 3 heterocycles. The van der Waals surface area contributed by atoms with Crippen molar-refractivity contribution >= 4 is 22.8 Å². The molecule has 5 rings (SSSR count). The Balaban J connectivity index is 1.51. The van der Waals surface area contributed by atoms with Crippen molar-refractivity contribution in [2.45, 2.75) is 44.8 Å². The number of hydrogen-bond donors (Lipinski definition) is 1. The molecule has 0 unspecified atom stereocenters. The van der Waals surface area contributed by atoms with Crippen molar-refractivity contribution in [1.29, 1.82) is 0 Å². The van der Waals surface area contributed by atoms with Gasteiger partial charge in [0.25, 0.3) is 12.0 Å². The lowest BCUT2D eigenvalue weighted by Crippen LogP contribution is -2.68. The number of carbonyl (C=O) groups is 1. The fraction of sp³-hybridized carbons (Fsp3) is 0.462. The van der Waals surface area contributed by atoms with Gasteiger partial charge in [0.05, 0.1) is 28.2 Å². The molecule has 2 aromatic heterocycles. The van der Waals surface area contributed by atoms with E-state index >= 15 is 0 Å². The van der Waals surface area contributed by atoms with E-state index in [4.69, 9.17) is 4.74 Å². The normalized spacial score (nSPS) is 18.5. The van der Waals surface area contributed by atoms with Crippen LogP contribution in [0.4, 0.5) is 19.0 Å². The average molecular weight is 516 g/mol. The van der Waals surface area contributed by atoms with Crippen LogP contribution in [0.3, 0.4) is 0 Å². The van der Waals surface area contributed by atoms with E-state index in [0.717, 1.165) is 6.07 Å². The Bertz CT molecular complexity index is 1440. The molecule has 1 N–H and O–H groups in total. The van der Waals surface area contributed by atoms with Gasteiger partial charge < -0.3 is 15.0 Å². The van der Waals surface area contributed by atoms with Crippen molar-refractivity contribution in [1.82, 2.24) is 19.4 Å². The van der Waals surface area contributed by atoms with Crippen molar-refractivity contribution in [3.05, 3.63) is 63.5 Å². The molecule has 2 fully saturated rings. The van der Waals surface area contributed by atoms with E-state index in [1.54, 1.807) is 39.0 Å². The zero-order chi connectivity index (χ0) is 26.7. The van der Waals surface area contributed by atoms with Crippen LogP contribution in [-0.4, -0.2) is 45.5 Å². The molecule has 0 radical (unpaired) electrons. The van der Waals surface area contributed by atoms with Crippen molar-refractivity contribution in [2.75, 3.05) is 25.5 Å². The summed E-state index contributed by atoms with van der Waals surface area (Å²) in [6, 6.07) is 4.90. The molecule has 1 atom stereocenters. The Morgan fingerprint density at radius 3 is 2.49 bits per heavy atom. The van der Waals surface area contributed by atoms with Gasteiger partial charge >= 0.3 is 0 Å². The van der Waals surface area contributed by atoms with Gasteiger partial charge in [0.15, 0.2) is 0 Å². The first-order valence-electron chi connectivity index (χ1n) is 12.0. The number of nitrogens with zero attached hydrogens (tertiary/aromatic N) is 4. The average Bonchev–Trinajstić information content (AvgIpc) is 2.80. The molecule has 0 bridgehead atoms. The molecule has 1 spiro atoms. The predicted molar refractivity (Wildman–Crippen MR) is 131 cm³/mol. The number of alkyl halides is 2. The van der Waals surface area contributed by atoms with Gasteiger partial charge in [-0.05, 0) is 25.8 Å². The number of aromatic nitrogens is 3. The second-order valence-electron chi connectivity index (χ2n) is 10.2. The van der Waals surface area contributed by atoms with E-state index in [0.29, 0.717) is 48.3 Å². The molecule has 11 heteroatoms. The molecule has 3 aromatic rings. The summed E-state index contributed by atoms with van der Waals surface area (Å²) in [4.78, 5) is 35.4. The zero-order valence-electron chi connectivity index (χ0n) is 21.0. The maximum Gasteiger partial charge on any atom is 0.266 e. The SMILES string of the molecule is COC1(c2cc3c(N[C@H](C)c4cccc(C(F)F)c4F)ncnc3n(C)c2=O)CC2(CN(C(C)=O)C2)C1. The Kier molecular flexibility index (Phi) is 6.01. The zero-order valence-corrected chi connectivity index (χ0v) is 21.0. The smallest absolute Gasteiger partial charge is 0.266 e. The lowest BCUT2D eigenvalue weighted by Gasteiger charge is -2.63. The number of fused-ring (bicyclic) bond motifs is 1. The van der Waals surface area contributed by atoms with Gasteiger partial charge in [-0.15, -0.1) is 0 Å². The molecule has 37 heavy (non-hydrogen) atoms. The summed E-state index contributed by atoms with van der Waals surface area (Å²) >= 11 is 0. The highest BCUT2D eigenvalue weighted by molar-refractivity contribution is 5.87. The number of anilines is 1. The largest absolute Gasteiger partial charge is 0.373 e. The van der Waals surface area contributed by atoms with E-state index in [1.807, 2.05) is 0 Å². The van der Waals surface area contributed by atoms with E-state index < -0.39 is 29.4 Å². The lowest BCUT2D eigenvalue weighted by molar-refractivity contribution is -0.211. The molecular weight excluding hydrogens is 487 g/mol. The van der Waals surface area contributed by atoms with Crippen LogP contribution in [0.2, 0.25) is 0 Å². The van der Waals surface area contributed by atoms with Gasteiger partial charge in [-0.25, -0.2) is 23.1 Å². The predicted octanol–water partition coefficient (Wildman–Crippen LogP) is 4.06. The van der Waals surface area contributed by atoms with Crippen molar-refractivity contribution in [3.63, 3.8) is 0 Å². The molecule has 1 aliphatic carbocycles. The number of nitrogens with one attached hydrogen (secondary N) is 1. The topological polar surface area (TPSA) is 89.3 Å². The number of amides is 1. The van der Waals surface area contributed by atoms with Gasteiger partial charge in [-0.3, -0.25) is 14.2 Å². The quantitative estimate of drug-likeness (QED) is 0.533. The van der Waals surface area contributed by atoms with Crippen LogP contribution >= 0.6 is 0 Å². The third-order valence-corrected chi connectivity index (χ3v) is 7.82. The van der Waals surface area contributed by atoms with E-state index in [2.05, 4.69) is 15.3 Å².